The molecular weight excluding hydrogens is 516 g/mol. The highest BCUT2D eigenvalue weighted by molar-refractivity contribution is 6.42. The van der Waals surface area contributed by atoms with Gasteiger partial charge in [-0.25, -0.2) is 23.1 Å². The topological polar surface area (TPSA) is 75.2 Å². The average molecular weight is 537 g/mol. The Hall–Kier alpha value is -3.17. The number of piperidine rings is 1. The van der Waals surface area contributed by atoms with Gasteiger partial charge in [-0.3, -0.25) is 9.59 Å². The van der Waals surface area contributed by atoms with Crippen LogP contribution in [0.15, 0.2) is 42.9 Å². The molecule has 0 saturated carbocycles. The first kappa shape index (κ1) is 25.9. The SMILES string of the molecule is O=C(NCc1ccc(Cl)c(Cl)c1)c1cncnc1C1CCN(C(=O)Cc2c(F)ccc(F)c2F)CC1. The second kappa shape index (κ2) is 11.3. The molecule has 0 spiro atoms. The number of rotatable bonds is 6. The van der Waals surface area contributed by atoms with Crippen LogP contribution >= 0.6 is 23.2 Å². The lowest BCUT2D eigenvalue weighted by molar-refractivity contribution is -0.131. The number of carbonyl (C=O) groups excluding carboxylic acids is 2. The van der Waals surface area contributed by atoms with Crippen molar-refractivity contribution >= 4 is 35.0 Å². The van der Waals surface area contributed by atoms with Gasteiger partial charge in [0.25, 0.3) is 5.91 Å². The number of hydrogen-bond donors (Lipinski definition) is 1. The molecule has 0 bridgehead atoms. The number of likely N-dealkylation sites (tertiary alicyclic amines) is 1. The van der Waals surface area contributed by atoms with Crippen LogP contribution in [0, 0.1) is 17.5 Å². The van der Waals surface area contributed by atoms with Gasteiger partial charge in [0.15, 0.2) is 11.6 Å². The van der Waals surface area contributed by atoms with E-state index in [1.165, 1.54) is 17.4 Å². The number of nitrogens with zero attached hydrogens (tertiary/aromatic N) is 3. The molecule has 1 aliphatic rings. The van der Waals surface area contributed by atoms with Gasteiger partial charge in [-0.15, -0.1) is 0 Å². The molecule has 36 heavy (non-hydrogen) atoms. The smallest absolute Gasteiger partial charge is 0.254 e. The van der Waals surface area contributed by atoms with Gasteiger partial charge in [0.1, 0.15) is 12.1 Å². The summed E-state index contributed by atoms with van der Waals surface area (Å²) in [6.45, 7) is 0.830. The highest BCUT2D eigenvalue weighted by Gasteiger charge is 2.29. The molecule has 1 fully saturated rings. The summed E-state index contributed by atoms with van der Waals surface area (Å²) in [5, 5.41) is 3.63. The minimum atomic E-state index is -1.35. The maximum atomic E-state index is 14.0. The van der Waals surface area contributed by atoms with Gasteiger partial charge in [0.05, 0.1) is 27.7 Å². The van der Waals surface area contributed by atoms with E-state index in [-0.39, 0.29) is 18.4 Å². The fourth-order valence-corrected chi connectivity index (χ4v) is 4.48. The summed E-state index contributed by atoms with van der Waals surface area (Å²) in [5.74, 6) is -4.49. The van der Waals surface area contributed by atoms with Crippen LogP contribution in [0.4, 0.5) is 13.2 Å². The Balaban J connectivity index is 1.38. The quantitative estimate of drug-likeness (QED) is 0.446. The number of halogens is 5. The van der Waals surface area contributed by atoms with Gasteiger partial charge >= 0.3 is 0 Å². The van der Waals surface area contributed by atoms with Crippen LogP contribution in [0.2, 0.25) is 10.0 Å². The summed E-state index contributed by atoms with van der Waals surface area (Å²) in [6.07, 6.45) is 3.21. The van der Waals surface area contributed by atoms with E-state index in [1.54, 1.807) is 18.2 Å². The molecule has 2 amide bonds. The second-order valence-electron chi connectivity index (χ2n) is 8.41. The lowest BCUT2D eigenvalue weighted by Gasteiger charge is -2.32. The number of carbonyl (C=O) groups is 2. The van der Waals surface area contributed by atoms with E-state index < -0.39 is 35.3 Å². The van der Waals surface area contributed by atoms with E-state index >= 15 is 0 Å². The molecule has 3 aromatic rings. The first-order valence-electron chi connectivity index (χ1n) is 11.2. The monoisotopic (exact) mass is 536 g/mol. The molecule has 188 valence electrons. The lowest BCUT2D eigenvalue weighted by Crippen LogP contribution is -2.39. The molecule has 1 N–H and O–H groups in total. The molecule has 0 unspecified atom stereocenters. The van der Waals surface area contributed by atoms with Crippen molar-refractivity contribution in [3.8, 4) is 0 Å². The number of amides is 2. The third kappa shape index (κ3) is 5.79. The number of nitrogens with one attached hydrogen (secondary N) is 1. The van der Waals surface area contributed by atoms with Gasteiger partial charge in [-0.2, -0.15) is 0 Å². The lowest BCUT2D eigenvalue weighted by atomic mass is 9.90. The Kier molecular flexibility index (Phi) is 8.11. The summed E-state index contributed by atoms with van der Waals surface area (Å²) < 4.78 is 41.3. The van der Waals surface area contributed by atoms with Crippen molar-refractivity contribution in [3.05, 3.63) is 92.7 Å². The highest BCUT2D eigenvalue weighted by atomic mass is 35.5. The highest BCUT2D eigenvalue weighted by Crippen LogP contribution is 2.29. The number of benzene rings is 2. The van der Waals surface area contributed by atoms with Crippen molar-refractivity contribution in [2.24, 2.45) is 0 Å². The van der Waals surface area contributed by atoms with Crippen LogP contribution in [0.3, 0.4) is 0 Å². The van der Waals surface area contributed by atoms with Crippen molar-refractivity contribution < 1.29 is 22.8 Å². The Bertz CT molecular complexity index is 1300. The Morgan fingerprint density at radius 2 is 1.75 bits per heavy atom. The molecule has 4 rings (SSSR count). The van der Waals surface area contributed by atoms with E-state index in [9.17, 15) is 22.8 Å². The minimum Gasteiger partial charge on any atom is -0.348 e. The average Bonchev–Trinajstić information content (AvgIpc) is 2.89. The molecule has 0 aliphatic carbocycles. The zero-order valence-electron chi connectivity index (χ0n) is 18.9. The molecule has 1 aromatic heterocycles. The van der Waals surface area contributed by atoms with Crippen molar-refractivity contribution in [1.82, 2.24) is 20.2 Å². The third-order valence-corrected chi connectivity index (χ3v) is 6.87. The van der Waals surface area contributed by atoms with Crippen molar-refractivity contribution in [3.63, 3.8) is 0 Å². The number of aromatic nitrogens is 2. The molecule has 11 heteroatoms. The van der Waals surface area contributed by atoms with Crippen LogP contribution in [-0.4, -0.2) is 39.8 Å². The summed E-state index contributed by atoms with van der Waals surface area (Å²) in [4.78, 5) is 35.3. The first-order chi connectivity index (χ1) is 17.2. The van der Waals surface area contributed by atoms with E-state index in [4.69, 9.17) is 23.2 Å². The molecule has 0 radical (unpaired) electrons. The third-order valence-electron chi connectivity index (χ3n) is 6.13. The maximum absolute atomic E-state index is 14.0. The second-order valence-corrected chi connectivity index (χ2v) is 9.22. The summed E-state index contributed by atoms with van der Waals surface area (Å²) >= 11 is 12.0. The van der Waals surface area contributed by atoms with Crippen LogP contribution in [-0.2, 0) is 17.8 Å². The van der Waals surface area contributed by atoms with Crippen LogP contribution in [0.5, 0.6) is 0 Å². The molecule has 1 saturated heterocycles. The van der Waals surface area contributed by atoms with Crippen LogP contribution < -0.4 is 5.32 Å². The van der Waals surface area contributed by atoms with Crippen molar-refractivity contribution in [2.45, 2.75) is 31.7 Å². The Labute approximate surface area is 215 Å². The van der Waals surface area contributed by atoms with Crippen molar-refractivity contribution in [1.29, 1.82) is 0 Å². The van der Waals surface area contributed by atoms with E-state index in [1.807, 2.05) is 0 Å². The molecular formula is C25H21Cl2F3N4O2. The summed E-state index contributed by atoms with van der Waals surface area (Å²) in [7, 11) is 0. The van der Waals surface area contributed by atoms with Gasteiger partial charge in [0, 0.05) is 37.3 Å². The first-order valence-corrected chi connectivity index (χ1v) is 11.9. The normalized spacial score (nSPS) is 14.1. The van der Waals surface area contributed by atoms with Gasteiger partial charge in [-0.1, -0.05) is 29.3 Å². The zero-order chi connectivity index (χ0) is 25.8. The van der Waals surface area contributed by atoms with E-state index in [0.717, 1.165) is 11.6 Å². The molecule has 2 aromatic carbocycles. The zero-order valence-corrected chi connectivity index (χ0v) is 20.4. The molecule has 2 heterocycles. The molecule has 6 nitrogen and oxygen atoms in total. The summed E-state index contributed by atoms with van der Waals surface area (Å²) in [5.41, 5.74) is 1.07. The van der Waals surface area contributed by atoms with Gasteiger partial charge < -0.3 is 10.2 Å². The maximum Gasteiger partial charge on any atom is 0.254 e. The van der Waals surface area contributed by atoms with Gasteiger partial charge in [0.2, 0.25) is 5.91 Å². The number of hydrogen-bond acceptors (Lipinski definition) is 4. The van der Waals surface area contributed by atoms with Crippen molar-refractivity contribution in [2.75, 3.05) is 13.1 Å². The Morgan fingerprint density at radius 3 is 2.47 bits per heavy atom. The van der Waals surface area contributed by atoms with E-state index in [2.05, 4.69) is 15.3 Å². The van der Waals surface area contributed by atoms with Crippen LogP contribution in [0.1, 0.15) is 45.9 Å². The molecule has 0 atom stereocenters. The van der Waals surface area contributed by atoms with E-state index in [0.29, 0.717) is 53.3 Å². The fraction of sp³-hybridized carbons (Fsp3) is 0.280. The van der Waals surface area contributed by atoms with Crippen LogP contribution in [0.25, 0.3) is 0 Å². The standard InChI is InChI=1S/C25H21Cl2F3N4O2/c26-18-2-1-14(9-19(18)27)11-32-25(36)17-12-31-13-33-24(17)15-5-7-34(8-6-15)22(35)10-16-20(28)3-4-21(29)23(16)30/h1-4,9,12-13,15H,5-8,10-11H2,(H,32,36). The molecule has 1 aliphatic heterocycles. The largest absolute Gasteiger partial charge is 0.348 e. The summed E-state index contributed by atoms with van der Waals surface area (Å²) in [6, 6.07) is 6.56. The predicted octanol–water partition coefficient (Wildman–Crippen LogP) is 5.08. The Morgan fingerprint density at radius 1 is 1.03 bits per heavy atom. The minimum absolute atomic E-state index is 0.120. The fourth-order valence-electron chi connectivity index (χ4n) is 4.16. The van der Waals surface area contributed by atoms with Gasteiger partial charge in [-0.05, 0) is 42.7 Å². The predicted molar refractivity (Wildman–Crippen MR) is 128 cm³/mol.